The van der Waals surface area contributed by atoms with Crippen molar-refractivity contribution < 1.29 is 5.11 Å². The number of phenolic OH excluding ortho intramolecular Hbond substituents is 1. The van der Waals surface area contributed by atoms with Crippen LogP contribution in [0.4, 0.5) is 0 Å². The first kappa shape index (κ1) is 9.78. The summed E-state index contributed by atoms with van der Waals surface area (Å²) in [4.78, 5) is 8.18. The molecule has 0 spiro atoms. The highest BCUT2D eigenvalue weighted by molar-refractivity contribution is 5.84. The van der Waals surface area contributed by atoms with Crippen LogP contribution in [0.15, 0.2) is 55.0 Å². The zero-order valence-electron chi connectivity index (χ0n) is 9.04. The minimum atomic E-state index is 0.279. The van der Waals surface area contributed by atoms with Crippen LogP contribution in [-0.2, 0) is 0 Å². The summed E-state index contributed by atoms with van der Waals surface area (Å²) in [5.74, 6) is 0.279. The van der Waals surface area contributed by atoms with Gasteiger partial charge < -0.3 is 5.11 Å². The monoisotopic (exact) mass is 222 g/mol. The third kappa shape index (κ3) is 1.72. The Morgan fingerprint density at radius 2 is 1.88 bits per heavy atom. The largest absolute Gasteiger partial charge is 0.507 e. The van der Waals surface area contributed by atoms with E-state index in [-0.39, 0.29) is 5.75 Å². The number of nitrogens with zero attached hydrogens (tertiary/aromatic N) is 2. The second kappa shape index (κ2) is 3.87. The lowest BCUT2D eigenvalue weighted by Crippen LogP contribution is -1.83. The van der Waals surface area contributed by atoms with Gasteiger partial charge in [0.05, 0.1) is 5.52 Å². The van der Waals surface area contributed by atoms with E-state index < -0.39 is 0 Å². The summed E-state index contributed by atoms with van der Waals surface area (Å²) < 4.78 is 0. The summed E-state index contributed by atoms with van der Waals surface area (Å²) in [6, 6.07) is 13.1. The Morgan fingerprint density at radius 1 is 1.00 bits per heavy atom. The van der Waals surface area contributed by atoms with Gasteiger partial charge in [-0.15, -0.1) is 0 Å². The maximum atomic E-state index is 9.80. The summed E-state index contributed by atoms with van der Waals surface area (Å²) in [7, 11) is 0. The predicted molar refractivity (Wildman–Crippen MR) is 66.6 cm³/mol. The van der Waals surface area contributed by atoms with Crippen LogP contribution in [0.1, 0.15) is 0 Å². The molecule has 1 heterocycles. The van der Waals surface area contributed by atoms with Crippen molar-refractivity contribution in [3.05, 3.63) is 55.0 Å². The van der Waals surface area contributed by atoms with Crippen molar-refractivity contribution in [2.24, 2.45) is 0 Å². The van der Waals surface area contributed by atoms with E-state index in [1.807, 2.05) is 36.4 Å². The van der Waals surface area contributed by atoms with Crippen molar-refractivity contribution in [1.29, 1.82) is 0 Å². The lowest BCUT2D eigenvalue weighted by atomic mass is 10.0. The van der Waals surface area contributed by atoms with Gasteiger partial charge in [0.25, 0.3) is 0 Å². The summed E-state index contributed by atoms with van der Waals surface area (Å²) >= 11 is 0. The van der Waals surface area contributed by atoms with Crippen LogP contribution in [0.3, 0.4) is 0 Å². The quantitative estimate of drug-likeness (QED) is 0.688. The van der Waals surface area contributed by atoms with Crippen LogP contribution >= 0.6 is 0 Å². The molecule has 0 fully saturated rings. The van der Waals surface area contributed by atoms with Crippen LogP contribution in [0.2, 0.25) is 0 Å². The molecule has 0 bridgehead atoms. The van der Waals surface area contributed by atoms with E-state index in [1.54, 1.807) is 12.3 Å². The third-order valence-corrected chi connectivity index (χ3v) is 2.72. The summed E-state index contributed by atoms with van der Waals surface area (Å²) in [5.41, 5.74) is 2.64. The van der Waals surface area contributed by atoms with Crippen LogP contribution < -0.4 is 0 Å². The number of para-hydroxylation sites is 1. The van der Waals surface area contributed by atoms with Crippen molar-refractivity contribution in [2.45, 2.75) is 0 Å². The third-order valence-electron chi connectivity index (χ3n) is 2.72. The average molecular weight is 222 g/mol. The van der Waals surface area contributed by atoms with Gasteiger partial charge in [-0.25, -0.2) is 9.97 Å². The topological polar surface area (TPSA) is 46.0 Å². The Morgan fingerprint density at radius 3 is 2.76 bits per heavy atom. The summed E-state index contributed by atoms with van der Waals surface area (Å²) in [6.45, 7) is 0. The molecule has 0 aliphatic rings. The first-order valence-electron chi connectivity index (χ1n) is 5.33. The second-order valence-electron chi connectivity index (χ2n) is 3.81. The second-order valence-corrected chi connectivity index (χ2v) is 3.81. The Bertz CT molecular complexity index is 680. The minimum absolute atomic E-state index is 0.279. The maximum Gasteiger partial charge on any atom is 0.123 e. The van der Waals surface area contributed by atoms with E-state index in [0.29, 0.717) is 0 Å². The summed E-state index contributed by atoms with van der Waals surface area (Å²) in [6.07, 6.45) is 3.30. The standard InChI is InChI=1S/C14H10N2O/c17-14-4-2-1-3-12(14)10-5-6-11-8-15-9-16-13(11)7-10/h1-9,17H. The van der Waals surface area contributed by atoms with Crippen molar-refractivity contribution in [3.8, 4) is 16.9 Å². The molecule has 82 valence electrons. The van der Waals surface area contributed by atoms with Crippen molar-refractivity contribution in [1.82, 2.24) is 9.97 Å². The fraction of sp³-hybridized carbons (Fsp3) is 0. The fourth-order valence-corrected chi connectivity index (χ4v) is 1.86. The highest BCUT2D eigenvalue weighted by Crippen LogP contribution is 2.29. The van der Waals surface area contributed by atoms with Gasteiger partial charge in [0.15, 0.2) is 0 Å². The number of aromatic hydroxyl groups is 1. The molecule has 0 aliphatic carbocycles. The summed E-state index contributed by atoms with van der Waals surface area (Å²) in [5, 5.41) is 10.8. The van der Waals surface area contributed by atoms with Crippen LogP contribution in [0, 0.1) is 0 Å². The molecule has 0 radical (unpaired) electrons. The van der Waals surface area contributed by atoms with E-state index >= 15 is 0 Å². The number of rotatable bonds is 1. The molecule has 0 atom stereocenters. The van der Waals surface area contributed by atoms with Gasteiger partial charge in [-0.05, 0) is 17.7 Å². The predicted octanol–water partition coefficient (Wildman–Crippen LogP) is 3.00. The molecule has 0 unspecified atom stereocenters. The molecule has 17 heavy (non-hydrogen) atoms. The maximum absolute atomic E-state index is 9.80. The van der Waals surface area contributed by atoms with Crippen molar-refractivity contribution in [3.63, 3.8) is 0 Å². The number of aromatic nitrogens is 2. The molecule has 3 nitrogen and oxygen atoms in total. The molecule has 3 rings (SSSR count). The van der Waals surface area contributed by atoms with Gasteiger partial charge >= 0.3 is 0 Å². The Labute approximate surface area is 98.4 Å². The lowest BCUT2D eigenvalue weighted by molar-refractivity contribution is 0.477. The van der Waals surface area contributed by atoms with Crippen LogP contribution in [0.25, 0.3) is 22.0 Å². The van der Waals surface area contributed by atoms with Crippen molar-refractivity contribution >= 4 is 10.9 Å². The number of benzene rings is 2. The fourth-order valence-electron chi connectivity index (χ4n) is 1.86. The molecule has 1 aromatic heterocycles. The smallest absolute Gasteiger partial charge is 0.123 e. The van der Waals surface area contributed by atoms with Crippen LogP contribution in [0.5, 0.6) is 5.75 Å². The SMILES string of the molecule is Oc1ccccc1-c1ccc2cncnc2c1. The molecule has 0 saturated carbocycles. The average Bonchev–Trinajstić information content (AvgIpc) is 2.39. The van der Waals surface area contributed by atoms with E-state index in [1.165, 1.54) is 6.33 Å². The highest BCUT2D eigenvalue weighted by atomic mass is 16.3. The first-order valence-corrected chi connectivity index (χ1v) is 5.33. The Hall–Kier alpha value is -2.42. The zero-order chi connectivity index (χ0) is 11.7. The Kier molecular flexibility index (Phi) is 2.22. The zero-order valence-corrected chi connectivity index (χ0v) is 9.04. The minimum Gasteiger partial charge on any atom is -0.507 e. The number of phenols is 1. The van der Waals surface area contributed by atoms with Gasteiger partial charge in [-0.3, -0.25) is 0 Å². The molecular weight excluding hydrogens is 212 g/mol. The van der Waals surface area contributed by atoms with E-state index in [2.05, 4.69) is 9.97 Å². The van der Waals surface area contributed by atoms with Gasteiger partial charge in [-0.2, -0.15) is 0 Å². The molecule has 2 aromatic carbocycles. The van der Waals surface area contributed by atoms with Crippen LogP contribution in [-0.4, -0.2) is 15.1 Å². The van der Waals surface area contributed by atoms with Gasteiger partial charge in [-0.1, -0.05) is 30.3 Å². The van der Waals surface area contributed by atoms with Gasteiger partial charge in [0.2, 0.25) is 0 Å². The van der Waals surface area contributed by atoms with E-state index in [0.717, 1.165) is 22.0 Å². The Balaban J connectivity index is 2.22. The molecule has 0 saturated heterocycles. The number of fused-ring (bicyclic) bond motifs is 1. The number of hydrogen-bond donors (Lipinski definition) is 1. The lowest BCUT2D eigenvalue weighted by Gasteiger charge is -2.05. The van der Waals surface area contributed by atoms with Gasteiger partial charge in [0.1, 0.15) is 12.1 Å². The molecule has 1 N–H and O–H groups in total. The number of hydrogen-bond acceptors (Lipinski definition) is 3. The van der Waals surface area contributed by atoms with Crippen molar-refractivity contribution in [2.75, 3.05) is 0 Å². The molecule has 0 amide bonds. The molecular formula is C14H10N2O. The normalized spacial score (nSPS) is 10.6. The molecule has 3 aromatic rings. The van der Waals surface area contributed by atoms with Gasteiger partial charge in [0, 0.05) is 17.1 Å². The first-order chi connectivity index (χ1) is 8.34. The highest BCUT2D eigenvalue weighted by Gasteiger charge is 2.04. The molecule has 3 heteroatoms. The molecule has 0 aliphatic heterocycles. The van der Waals surface area contributed by atoms with E-state index in [4.69, 9.17) is 0 Å². The van der Waals surface area contributed by atoms with E-state index in [9.17, 15) is 5.11 Å².